The summed E-state index contributed by atoms with van der Waals surface area (Å²) in [4.78, 5) is 2.20. The van der Waals surface area contributed by atoms with Gasteiger partial charge < -0.3 is 10.0 Å². The van der Waals surface area contributed by atoms with E-state index in [2.05, 4.69) is 25.8 Å². The monoisotopic (exact) mass is 189 g/mol. The van der Waals surface area contributed by atoms with E-state index in [4.69, 9.17) is 0 Å². The lowest BCUT2D eigenvalue weighted by Crippen LogP contribution is -2.20. The number of likely N-dealkylation sites (N-methyl/N-ethyl adjacent to an activating group) is 1. The van der Waals surface area contributed by atoms with Crippen molar-refractivity contribution in [2.45, 2.75) is 25.2 Å². The predicted octanol–water partition coefficient (Wildman–Crippen LogP) is 1.05. The quantitative estimate of drug-likeness (QED) is 0.718. The Morgan fingerprint density at radius 2 is 2.17 bits per heavy atom. The minimum Gasteiger partial charge on any atom is -0.391 e. The number of rotatable bonds is 3. The van der Waals surface area contributed by atoms with Crippen LogP contribution in [0.25, 0.3) is 0 Å². The van der Waals surface area contributed by atoms with Gasteiger partial charge in [0.2, 0.25) is 0 Å². The molecule has 0 bridgehead atoms. The number of hydrogen-bond acceptors (Lipinski definition) is 3. The average Bonchev–Trinajstić information content (AvgIpc) is 2.26. The zero-order valence-electron chi connectivity index (χ0n) is 8.16. The molecule has 0 aromatic rings. The summed E-state index contributed by atoms with van der Waals surface area (Å²) in [5.41, 5.74) is 0. The molecule has 0 spiro atoms. The second-order valence-electron chi connectivity index (χ2n) is 3.93. The van der Waals surface area contributed by atoms with Gasteiger partial charge in [-0.2, -0.15) is 11.8 Å². The van der Waals surface area contributed by atoms with E-state index in [-0.39, 0.29) is 6.10 Å². The van der Waals surface area contributed by atoms with Gasteiger partial charge in [-0.1, -0.05) is 13.8 Å². The van der Waals surface area contributed by atoms with Crippen LogP contribution in [0, 0.1) is 5.92 Å². The highest BCUT2D eigenvalue weighted by atomic mass is 32.2. The van der Waals surface area contributed by atoms with E-state index in [1.165, 1.54) is 0 Å². The van der Waals surface area contributed by atoms with Crippen molar-refractivity contribution in [1.29, 1.82) is 0 Å². The number of nitrogens with zero attached hydrogens (tertiary/aromatic N) is 1. The van der Waals surface area contributed by atoms with Crippen LogP contribution in [-0.4, -0.2) is 47.3 Å². The van der Waals surface area contributed by atoms with Gasteiger partial charge in [0.25, 0.3) is 0 Å². The van der Waals surface area contributed by atoms with E-state index in [0.29, 0.717) is 11.2 Å². The second-order valence-corrected chi connectivity index (χ2v) is 5.54. The van der Waals surface area contributed by atoms with Gasteiger partial charge in [0.15, 0.2) is 0 Å². The van der Waals surface area contributed by atoms with E-state index in [9.17, 15) is 5.11 Å². The first-order chi connectivity index (χ1) is 5.59. The van der Waals surface area contributed by atoms with Crippen LogP contribution in [0.3, 0.4) is 0 Å². The molecule has 0 aliphatic carbocycles. The van der Waals surface area contributed by atoms with Crippen molar-refractivity contribution in [1.82, 2.24) is 4.90 Å². The molecule has 12 heavy (non-hydrogen) atoms. The molecular weight excluding hydrogens is 170 g/mol. The summed E-state index contributed by atoms with van der Waals surface area (Å²) in [6.45, 7) is 6.32. The Bertz CT molecular complexity index is 140. The van der Waals surface area contributed by atoms with Gasteiger partial charge in [0.1, 0.15) is 0 Å². The Morgan fingerprint density at radius 3 is 2.58 bits per heavy atom. The molecule has 0 amide bonds. The van der Waals surface area contributed by atoms with E-state index in [0.717, 1.165) is 18.8 Å². The molecule has 1 fully saturated rings. The summed E-state index contributed by atoms with van der Waals surface area (Å²) in [5, 5.41) is 10.3. The smallest absolute Gasteiger partial charge is 0.0715 e. The molecule has 1 heterocycles. The summed E-state index contributed by atoms with van der Waals surface area (Å²) in [6.07, 6.45) is -0.0961. The number of aliphatic hydroxyl groups excluding tert-OH is 1. The Labute approximate surface area is 79.3 Å². The lowest BCUT2D eigenvalue weighted by Gasteiger charge is -2.13. The lowest BCUT2D eigenvalue weighted by atomic mass is 10.1. The first-order valence-electron chi connectivity index (χ1n) is 4.58. The third-order valence-corrected chi connectivity index (χ3v) is 3.52. The molecule has 0 radical (unpaired) electrons. The summed E-state index contributed by atoms with van der Waals surface area (Å²) >= 11 is 1.95. The Morgan fingerprint density at radius 1 is 1.50 bits per heavy atom. The molecule has 0 aromatic heterocycles. The Kier molecular flexibility index (Phi) is 3.87. The van der Waals surface area contributed by atoms with E-state index in [1.54, 1.807) is 0 Å². The van der Waals surface area contributed by atoms with Crippen LogP contribution in [-0.2, 0) is 0 Å². The van der Waals surface area contributed by atoms with Gasteiger partial charge >= 0.3 is 0 Å². The van der Waals surface area contributed by atoms with Crippen LogP contribution in [0.5, 0.6) is 0 Å². The molecule has 3 heteroatoms. The van der Waals surface area contributed by atoms with Crippen molar-refractivity contribution in [2.75, 3.05) is 25.9 Å². The molecule has 1 aliphatic heterocycles. The Balaban J connectivity index is 2.23. The van der Waals surface area contributed by atoms with Gasteiger partial charge in [0, 0.05) is 24.8 Å². The molecule has 2 atom stereocenters. The minimum atomic E-state index is -0.0961. The van der Waals surface area contributed by atoms with Gasteiger partial charge in [0.05, 0.1) is 6.10 Å². The zero-order chi connectivity index (χ0) is 9.14. The molecule has 0 aromatic carbocycles. The van der Waals surface area contributed by atoms with E-state index < -0.39 is 0 Å². The molecule has 1 saturated heterocycles. The number of thioether (sulfide) groups is 1. The van der Waals surface area contributed by atoms with Crippen LogP contribution in [0.15, 0.2) is 0 Å². The number of β-amino-alcohol motifs (C(OH)–C–C–N with tert-alkyl or cyclic N) is 1. The van der Waals surface area contributed by atoms with Crippen molar-refractivity contribution in [3.05, 3.63) is 0 Å². The molecule has 1 aliphatic rings. The fourth-order valence-electron chi connectivity index (χ4n) is 1.54. The third kappa shape index (κ3) is 2.96. The van der Waals surface area contributed by atoms with E-state index in [1.807, 2.05) is 11.8 Å². The first-order valence-corrected chi connectivity index (χ1v) is 5.62. The SMILES string of the molecule is CC(C)SC[C@@H]1CN(C)C[C@H]1O. The molecule has 0 unspecified atom stereocenters. The van der Waals surface area contributed by atoms with Gasteiger partial charge in [-0.3, -0.25) is 0 Å². The summed E-state index contributed by atoms with van der Waals surface area (Å²) in [6, 6.07) is 0. The maximum Gasteiger partial charge on any atom is 0.0715 e. The van der Waals surface area contributed by atoms with Gasteiger partial charge in [-0.25, -0.2) is 0 Å². The minimum absolute atomic E-state index is 0.0961. The standard InChI is InChI=1S/C9H19NOS/c1-7(2)12-6-8-4-10(3)5-9(8)11/h7-9,11H,4-6H2,1-3H3/t8-,9+/m0/s1. The normalized spacial score (nSPS) is 31.8. The number of likely N-dealkylation sites (tertiary alicyclic amines) is 1. The van der Waals surface area contributed by atoms with E-state index >= 15 is 0 Å². The summed E-state index contributed by atoms with van der Waals surface area (Å²) in [7, 11) is 2.07. The molecule has 2 nitrogen and oxygen atoms in total. The van der Waals surface area contributed by atoms with Crippen molar-refractivity contribution in [3.8, 4) is 0 Å². The van der Waals surface area contributed by atoms with Crippen molar-refractivity contribution in [3.63, 3.8) is 0 Å². The number of aliphatic hydroxyl groups is 1. The number of hydrogen-bond donors (Lipinski definition) is 1. The van der Waals surface area contributed by atoms with Crippen LogP contribution in [0.2, 0.25) is 0 Å². The average molecular weight is 189 g/mol. The van der Waals surface area contributed by atoms with Crippen LogP contribution in [0.4, 0.5) is 0 Å². The highest BCUT2D eigenvalue weighted by molar-refractivity contribution is 7.99. The highest BCUT2D eigenvalue weighted by Crippen LogP contribution is 2.22. The molecule has 1 rings (SSSR count). The fourth-order valence-corrected chi connectivity index (χ4v) is 2.50. The summed E-state index contributed by atoms with van der Waals surface area (Å²) < 4.78 is 0. The van der Waals surface area contributed by atoms with Crippen molar-refractivity contribution in [2.24, 2.45) is 5.92 Å². The zero-order valence-corrected chi connectivity index (χ0v) is 8.97. The maximum absolute atomic E-state index is 9.62. The molecule has 1 N–H and O–H groups in total. The first kappa shape index (κ1) is 10.4. The second kappa shape index (κ2) is 4.49. The van der Waals surface area contributed by atoms with Crippen molar-refractivity contribution < 1.29 is 5.11 Å². The molecular formula is C9H19NOS. The molecule has 0 saturated carbocycles. The van der Waals surface area contributed by atoms with Crippen molar-refractivity contribution >= 4 is 11.8 Å². The van der Waals surface area contributed by atoms with Gasteiger partial charge in [-0.15, -0.1) is 0 Å². The van der Waals surface area contributed by atoms with Crippen LogP contribution in [0.1, 0.15) is 13.8 Å². The Hall–Kier alpha value is 0.270. The maximum atomic E-state index is 9.62. The highest BCUT2D eigenvalue weighted by Gasteiger charge is 2.28. The predicted molar refractivity (Wildman–Crippen MR) is 54.6 cm³/mol. The van der Waals surface area contributed by atoms with Gasteiger partial charge in [-0.05, 0) is 12.3 Å². The molecule has 72 valence electrons. The largest absolute Gasteiger partial charge is 0.391 e. The van der Waals surface area contributed by atoms with Crippen LogP contribution >= 0.6 is 11.8 Å². The third-order valence-electron chi connectivity index (χ3n) is 2.23. The summed E-state index contributed by atoms with van der Waals surface area (Å²) in [5.74, 6) is 1.59. The van der Waals surface area contributed by atoms with Crippen LogP contribution < -0.4 is 0 Å². The fraction of sp³-hybridized carbons (Fsp3) is 1.00. The lowest BCUT2D eigenvalue weighted by molar-refractivity contribution is 0.152. The topological polar surface area (TPSA) is 23.5 Å².